The Labute approximate surface area is 138 Å². The van der Waals surface area contributed by atoms with Gasteiger partial charge in [-0.3, -0.25) is 5.32 Å². The fourth-order valence-electron chi connectivity index (χ4n) is 3.06. The number of carbonyl (C=O) groups excluding carboxylic acids is 1. The van der Waals surface area contributed by atoms with Gasteiger partial charge in [0.15, 0.2) is 0 Å². The van der Waals surface area contributed by atoms with Crippen LogP contribution in [0.5, 0.6) is 0 Å². The van der Waals surface area contributed by atoms with Gasteiger partial charge in [0.25, 0.3) is 0 Å². The molecule has 2 aliphatic rings. The van der Waals surface area contributed by atoms with Gasteiger partial charge in [-0.2, -0.15) is 0 Å². The molecule has 4 rings (SSSR count). The predicted octanol–water partition coefficient (Wildman–Crippen LogP) is 2.39. The number of hydrogen-bond donors (Lipinski definition) is 1. The molecule has 0 bridgehead atoms. The minimum Gasteiger partial charge on any atom is -0.338 e. The number of aromatic nitrogens is 4. The normalized spacial score (nSPS) is 20.9. The Hall–Kier alpha value is -1.96. The highest BCUT2D eigenvalue weighted by Crippen LogP contribution is 2.42. The van der Waals surface area contributed by atoms with E-state index in [4.69, 9.17) is 0 Å². The van der Waals surface area contributed by atoms with E-state index in [1.807, 2.05) is 22.7 Å². The minimum absolute atomic E-state index is 0.0693. The van der Waals surface area contributed by atoms with Crippen LogP contribution in [0.25, 0.3) is 0 Å². The summed E-state index contributed by atoms with van der Waals surface area (Å²) in [6.45, 7) is 0.787. The molecule has 122 valence electrons. The van der Waals surface area contributed by atoms with Crippen molar-refractivity contribution >= 4 is 22.5 Å². The van der Waals surface area contributed by atoms with Crippen LogP contribution < -0.4 is 5.32 Å². The molecule has 0 spiro atoms. The van der Waals surface area contributed by atoms with Crippen LogP contribution in [0.1, 0.15) is 42.4 Å². The largest absolute Gasteiger partial charge is 0.338 e. The van der Waals surface area contributed by atoms with Gasteiger partial charge >= 0.3 is 6.03 Å². The number of nitrogens with zero attached hydrogens (tertiary/aromatic N) is 5. The summed E-state index contributed by atoms with van der Waals surface area (Å²) in [4.78, 5) is 18.8. The van der Waals surface area contributed by atoms with Gasteiger partial charge in [-0.25, -0.2) is 9.78 Å². The highest BCUT2D eigenvalue weighted by molar-refractivity contribution is 7.15. The van der Waals surface area contributed by atoms with Gasteiger partial charge in [-0.15, -0.1) is 10.2 Å². The molecule has 2 aromatic rings. The summed E-state index contributed by atoms with van der Waals surface area (Å²) in [5, 5.41) is 12.8. The Morgan fingerprint density at radius 1 is 1.39 bits per heavy atom. The van der Waals surface area contributed by atoms with Gasteiger partial charge in [0.05, 0.1) is 0 Å². The highest BCUT2D eigenvalue weighted by atomic mass is 32.1. The fraction of sp³-hybridized carbons (Fsp3) is 0.600. The Balaban J connectivity index is 1.40. The maximum absolute atomic E-state index is 12.6. The molecular weight excluding hydrogens is 312 g/mol. The second-order valence-electron chi connectivity index (χ2n) is 6.30. The van der Waals surface area contributed by atoms with Crippen molar-refractivity contribution in [1.82, 2.24) is 24.6 Å². The number of nitrogens with one attached hydrogen (secondary N) is 1. The van der Waals surface area contributed by atoms with Crippen molar-refractivity contribution in [2.45, 2.75) is 44.1 Å². The summed E-state index contributed by atoms with van der Waals surface area (Å²) in [6, 6.07) is 0.132. The maximum atomic E-state index is 12.6. The number of carbonyl (C=O) groups is 1. The Bertz CT molecular complexity index is 706. The average molecular weight is 332 g/mol. The molecule has 1 saturated heterocycles. The third-order valence-corrected chi connectivity index (χ3v) is 5.56. The van der Waals surface area contributed by atoms with Crippen LogP contribution in [0.4, 0.5) is 9.93 Å². The summed E-state index contributed by atoms with van der Waals surface area (Å²) in [5.74, 6) is 1.59. The summed E-state index contributed by atoms with van der Waals surface area (Å²) in [6.07, 6.45) is 8.97. The van der Waals surface area contributed by atoms with Crippen LogP contribution in [0.3, 0.4) is 0 Å². The zero-order valence-corrected chi connectivity index (χ0v) is 13.9. The lowest BCUT2D eigenvalue weighted by molar-refractivity contribution is 0.205. The fourth-order valence-corrected chi connectivity index (χ4v) is 3.96. The molecule has 0 radical (unpaired) electrons. The molecule has 2 aromatic heterocycles. The lowest BCUT2D eigenvalue weighted by atomic mass is 10.1. The molecule has 0 aromatic carbocycles. The van der Waals surface area contributed by atoms with Crippen LogP contribution in [-0.2, 0) is 13.5 Å². The van der Waals surface area contributed by atoms with Crippen molar-refractivity contribution in [2.75, 3.05) is 11.9 Å². The molecule has 1 N–H and O–H groups in total. The first-order valence-electron chi connectivity index (χ1n) is 8.08. The standard InChI is InChI=1S/C15H20N6OS/c1-20-8-6-16-12(20)9-11-3-2-7-21(11)15(22)17-14-19-18-13(23-14)10-4-5-10/h6,8,10-11H,2-5,7,9H2,1H3,(H,17,19,22)/t11-/m0/s1. The third kappa shape index (κ3) is 3.08. The minimum atomic E-state index is -0.0693. The van der Waals surface area contributed by atoms with Crippen LogP contribution >= 0.6 is 11.3 Å². The van der Waals surface area contributed by atoms with Gasteiger partial charge in [0.1, 0.15) is 10.8 Å². The van der Waals surface area contributed by atoms with E-state index in [1.54, 1.807) is 6.20 Å². The number of amides is 2. The zero-order valence-electron chi connectivity index (χ0n) is 13.1. The lowest BCUT2D eigenvalue weighted by Gasteiger charge is -2.24. The zero-order chi connectivity index (χ0) is 15.8. The quantitative estimate of drug-likeness (QED) is 0.933. The van der Waals surface area contributed by atoms with E-state index in [0.717, 1.165) is 36.6 Å². The molecule has 23 heavy (non-hydrogen) atoms. The monoisotopic (exact) mass is 332 g/mol. The molecule has 3 heterocycles. The first-order valence-corrected chi connectivity index (χ1v) is 8.89. The molecule has 1 atom stereocenters. The number of urea groups is 1. The van der Waals surface area contributed by atoms with Crippen molar-refractivity contribution in [3.8, 4) is 0 Å². The van der Waals surface area contributed by atoms with Crippen molar-refractivity contribution < 1.29 is 4.79 Å². The van der Waals surface area contributed by atoms with E-state index >= 15 is 0 Å². The molecule has 2 fully saturated rings. The molecule has 8 heteroatoms. The summed E-state index contributed by atoms with van der Waals surface area (Å²) >= 11 is 1.50. The smallest absolute Gasteiger partial charge is 0.323 e. The average Bonchev–Trinajstić information content (AvgIpc) is 2.93. The summed E-state index contributed by atoms with van der Waals surface area (Å²) in [7, 11) is 1.99. The highest BCUT2D eigenvalue weighted by Gasteiger charge is 2.31. The molecule has 1 saturated carbocycles. The molecule has 7 nitrogen and oxygen atoms in total. The third-order valence-electron chi connectivity index (χ3n) is 4.56. The molecule has 0 unspecified atom stereocenters. The van der Waals surface area contributed by atoms with Crippen LogP contribution in [-0.4, -0.2) is 43.3 Å². The lowest BCUT2D eigenvalue weighted by Crippen LogP contribution is -2.40. The van der Waals surface area contributed by atoms with Gasteiger partial charge in [0, 0.05) is 44.4 Å². The van der Waals surface area contributed by atoms with E-state index < -0.39 is 0 Å². The SMILES string of the molecule is Cn1ccnc1C[C@@H]1CCCN1C(=O)Nc1nnc(C2CC2)s1. The van der Waals surface area contributed by atoms with E-state index in [9.17, 15) is 4.79 Å². The van der Waals surface area contributed by atoms with Gasteiger partial charge < -0.3 is 9.47 Å². The van der Waals surface area contributed by atoms with E-state index in [1.165, 1.54) is 24.2 Å². The van der Waals surface area contributed by atoms with Gasteiger partial charge in [-0.05, 0) is 25.7 Å². The number of imidazole rings is 1. The second-order valence-corrected chi connectivity index (χ2v) is 7.31. The van der Waals surface area contributed by atoms with E-state index in [2.05, 4.69) is 20.5 Å². The molecule has 2 amide bonds. The number of aryl methyl sites for hydroxylation is 1. The number of rotatable bonds is 4. The van der Waals surface area contributed by atoms with E-state index in [-0.39, 0.29) is 12.1 Å². The second kappa shape index (κ2) is 5.92. The Morgan fingerprint density at radius 3 is 3.00 bits per heavy atom. The number of anilines is 1. The van der Waals surface area contributed by atoms with Crippen molar-refractivity contribution in [2.24, 2.45) is 7.05 Å². The van der Waals surface area contributed by atoms with E-state index in [0.29, 0.717) is 11.0 Å². The van der Waals surface area contributed by atoms with Crippen molar-refractivity contribution in [3.05, 3.63) is 23.2 Å². The van der Waals surface area contributed by atoms with Crippen molar-refractivity contribution in [1.29, 1.82) is 0 Å². The topological polar surface area (TPSA) is 75.9 Å². The maximum Gasteiger partial charge on any atom is 0.323 e. The molecule has 1 aliphatic carbocycles. The van der Waals surface area contributed by atoms with Crippen LogP contribution in [0.15, 0.2) is 12.4 Å². The Morgan fingerprint density at radius 2 is 2.26 bits per heavy atom. The van der Waals surface area contributed by atoms with Crippen LogP contribution in [0.2, 0.25) is 0 Å². The van der Waals surface area contributed by atoms with Crippen molar-refractivity contribution in [3.63, 3.8) is 0 Å². The van der Waals surface area contributed by atoms with Gasteiger partial charge in [-0.1, -0.05) is 11.3 Å². The summed E-state index contributed by atoms with van der Waals surface area (Å²) in [5.41, 5.74) is 0. The first-order chi connectivity index (χ1) is 11.2. The van der Waals surface area contributed by atoms with Gasteiger partial charge in [0.2, 0.25) is 5.13 Å². The van der Waals surface area contributed by atoms with Crippen LogP contribution in [0, 0.1) is 0 Å². The molecule has 1 aliphatic heterocycles. The predicted molar refractivity (Wildman–Crippen MR) is 87.5 cm³/mol. The number of likely N-dealkylation sites (tertiary alicyclic amines) is 1. The first kappa shape index (κ1) is 14.6. The Kier molecular flexibility index (Phi) is 3.76. The number of hydrogen-bond acceptors (Lipinski definition) is 5. The summed E-state index contributed by atoms with van der Waals surface area (Å²) < 4.78 is 2.01. The molecular formula is C15H20N6OS.